The lowest BCUT2D eigenvalue weighted by Gasteiger charge is -2.11. The molecule has 0 bridgehead atoms. The summed E-state index contributed by atoms with van der Waals surface area (Å²) in [5.74, 6) is 0. The van der Waals surface area contributed by atoms with Crippen molar-refractivity contribution < 1.29 is 0 Å². The summed E-state index contributed by atoms with van der Waals surface area (Å²) >= 11 is 3.67. The van der Waals surface area contributed by atoms with Gasteiger partial charge in [-0.2, -0.15) is 5.10 Å². The molecule has 1 aromatic heterocycles. The highest BCUT2D eigenvalue weighted by Gasteiger charge is 2.08. The van der Waals surface area contributed by atoms with E-state index in [2.05, 4.69) is 70.5 Å². The van der Waals surface area contributed by atoms with E-state index in [4.69, 9.17) is 0 Å². The van der Waals surface area contributed by atoms with Crippen molar-refractivity contribution >= 4 is 26.8 Å². The number of benzene rings is 2. The van der Waals surface area contributed by atoms with Gasteiger partial charge in [-0.05, 0) is 39.7 Å². The molecular formula is C17H18BrN3. The zero-order chi connectivity index (χ0) is 14.8. The molecule has 1 heterocycles. The molecule has 0 amide bonds. The Morgan fingerprint density at radius 1 is 1.19 bits per heavy atom. The molecule has 0 aliphatic heterocycles. The van der Waals surface area contributed by atoms with Gasteiger partial charge in [-0.25, -0.2) is 4.68 Å². The van der Waals surface area contributed by atoms with Gasteiger partial charge >= 0.3 is 0 Å². The van der Waals surface area contributed by atoms with E-state index in [0.29, 0.717) is 6.04 Å². The second kappa shape index (κ2) is 6.00. The van der Waals surface area contributed by atoms with Crippen LogP contribution in [0.2, 0.25) is 0 Å². The molecule has 0 atom stereocenters. The van der Waals surface area contributed by atoms with Crippen molar-refractivity contribution in [3.63, 3.8) is 0 Å². The molecule has 0 radical (unpaired) electrons. The third-order valence-electron chi connectivity index (χ3n) is 3.43. The fourth-order valence-corrected chi connectivity index (χ4v) is 2.91. The Kier molecular flexibility index (Phi) is 4.08. The predicted octanol–water partition coefficient (Wildman–Crippen LogP) is 4.29. The van der Waals surface area contributed by atoms with Gasteiger partial charge in [0, 0.05) is 22.4 Å². The fourth-order valence-electron chi connectivity index (χ4n) is 2.32. The summed E-state index contributed by atoms with van der Waals surface area (Å²) in [6, 6.07) is 15.1. The second-order valence-corrected chi connectivity index (χ2v) is 6.29. The number of hydrogen-bond donors (Lipinski definition) is 1. The molecule has 0 fully saturated rings. The summed E-state index contributed by atoms with van der Waals surface area (Å²) in [5, 5.41) is 9.08. The van der Waals surface area contributed by atoms with Crippen LogP contribution in [0, 0.1) is 0 Å². The number of para-hydroxylation sites is 1. The maximum atomic E-state index is 4.50. The average Bonchev–Trinajstić information content (AvgIpc) is 2.89. The van der Waals surface area contributed by atoms with E-state index in [9.17, 15) is 0 Å². The zero-order valence-electron chi connectivity index (χ0n) is 12.2. The number of nitrogens with zero attached hydrogens (tertiary/aromatic N) is 2. The van der Waals surface area contributed by atoms with Crippen LogP contribution in [0.25, 0.3) is 16.6 Å². The van der Waals surface area contributed by atoms with E-state index in [1.54, 1.807) is 0 Å². The van der Waals surface area contributed by atoms with Gasteiger partial charge < -0.3 is 5.32 Å². The first-order chi connectivity index (χ1) is 10.1. The van der Waals surface area contributed by atoms with Gasteiger partial charge in [0.05, 0.1) is 17.4 Å². The molecule has 0 saturated carbocycles. The summed E-state index contributed by atoms with van der Waals surface area (Å²) in [4.78, 5) is 0. The fraction of sp³-hybridized carbons (Fsp3) is 0.235. The molecule has 4 heteroatoms. The quantitative estimate of drug-likeness (QED) is 0.765. The lowest BCUT2D eigenvalue weighted by atomic mass is 10.2. The molecule has 0 aliphatic carbocycles. The normalized spacial score (nSPS) is 11.4. The highest BCUT2D eigenvalue weighted by molar-refractivity contribution is 9.10. The Bertz CT molecular complexity index is 762. The Labute approximate surface area is 133 Å². The molecular weight excluding hydrogens is 326 g/mol. The van der Waals surface area contributed by atoms with E-state index >= 15 is 0 Å². The van der Waals surface area contributed by atoms with Crippen LogP contribution in [0.3, 0.4) is 0 Å². The van der Waals surface area contributed by atoms with Crippen LogP contribution in [0.15, 0.2) is 53.1 Å². The summed E-state index contributed by atoms with van der Waals surface area (Å²) in [6.45, 7) is 5.18. The molecule has 0 unspecified atom stereocenters. The van der Waals surface area contributed by atoms with Crippen LogP contribution in [0.5, 0.6) is 0 Å². The molecule has 108 valence electrons. The van der Waals surface area contributed by atoms with Gasteiger partial charge in [-0.15, -0.1) is 0 Å². The van der Waals surface area contributed by atoms with Crippen LogP contribution in [-0.2, 0) is 6.54 Å². The monoisotopic (exact) mass is 343 g/mol. The minimum absolute atomic E-state index is 0.485. The summed E-state index contributed by atoms with van der Waals surface area (Å²) in [5.41, 5.74) is 3.44. The zero-order valence-corrected chi connectivity index (χ0v) is 13.8. The first-order valence-electron chi connectivity index (χ1n) is 7.10. The van der Waals surface area contributed by atoms with E-state index in [0.717, 1.165) is 27.6 Å². The van der Waals surface area contributed by atoms with Crippen LogP contribution in [0.4, 0.5) is 0 Å². The molecule has 2 aromatic carbocycles. The molecule has 21 heavy (non-hydrogen) atoms. The predicted molar refractivity (Wildman–Crippen MR) is 90.7 cm³/mol. The Morgan fingerprint density at radius 3 is 2.76 bits per heavy atom. The maximum Gasteiger partial charge on any atom is 0.0795 e. The van der Waals surface area contributed by atoms with Crippen molar-refractivity contribution in [2.45, 2.75) is 26.4 Å². The van der Waals surface area contributed by atoms with Crippen molar-refractivity contribution in [1.82, 2.24) is 15.1 Å². The highest BCUT2D eigenvalue weighted by atomic mass is 79.9. The largest absolute Gasteiger partial charge is 0.310 e. The summed E-state index contributed by atoms with van der Waals surface area (Å²) in [7, 11) is 0. The lowest BCUT2D eigenvalue weighted by molar-refractivity contribution is 0.588. The highest BCUT2D eigenvalue weighted by Crippen LogP contribution is 2.25. The minimum atomic E-state index is 0.485. The van der Waals surface area contributed by atoms with E-state index < -0.39 is 0 Å². The van der Waals surface area contributed by atoms with Crippen molar-refractivity contribution in [3.05, 3.63) is 58.7 Å². The minimum Gasteiger partial charge on any atom is -0.310 e. The smallest absolute Gasteiger partial charge is 0.0795 e. The Hall–Kier alpha value is -1.65. The van der Waals surface area contributed by atoms with Gasteiger partial charge in [-0.3, -0.25) is 0 Å². The molecule has 3 rings (SSSR count). The van der Waals surface area contributed by atoms with Gasteiger partial charge in [0.15, 0.2) is 0 Å². The number of hydrogen-bond acceptors (Lipinski definition) is 2. The van der Waals surface area contributed by atoms with E-state index in [-0.39, 0.29) is 0 Å². The van der Waals surface area contributed by atoms with Crippen LogP contribution >= 0.6 is 15.9 Å². The average molecular weight is 344 g/mol. The SMILES string of the molecule is CC(C)NCc1ccc(-n2ncc3ccccc32)c(Br)c1. The van der Waals surface area contributed by atoms with Crippen molar-refractivity contribution in [1.29, 1.82) is 0 Å². The number of halogens is 1. The van der Waals surface area contributed by atoms with E-state index in [1.807, 2.05) is 23.0 Å². The number of aromatic nitrogens is 2. The van der Waals surface area contributed by atoms with Crippen LogP contribution < -0.4 is 5.32 Å². The molecule has 0 aliphatic rings. The number of rotatable bonds is 4. The van der Waals surface area contributed by atoms with E-state index in [1.165, 1.54) is 5.56 Å². The van der Waals surface area contributed by atoms with Crippen molar-refractivity contribution in [2.24, 2.45) is 0 Å². The molecule has 3 aromatic rings. The van der Waals surface area contributed by atoms with Gasteiger partial charge in [0.2, 0.25) is 0 Å². The van der Waals surface area contributed by atoms with Crippen LogP contribution in [0.1, 0.15) is 19.4 Å². The maximum absolute atomic E-state index is 4.50. The standard InChI is InChI=1S/C17H18BrN3/c1-12(2)19-10-13-7-8-17(15(18)9-13)21-16-6-4-3-5-14(16)11-20-21/h3-9,11-12,19H,10H2,1-2H3. The first kappa shape index (κ1) is 14.3. The van der Waals surface area contributed by atoms with Crippen molar-refractivity contribution in [3.8, 4) is 5.69 Å². The molecule has 0 saturated heterocycles. The van der Waals surface area contributed by atoms with Crippen LogP contribution in [-0.4, -0.2) is 15.8 Å². The third kappa shape index (κ3) is 3.01. The van der Waals surface area contributed by atoms with Gasteiger partial charge in [0.25, 0.3) is 0 Å². The lowest BCUT2D eigenvalue weighted by Crippen LogP contribution is -2.21. The molecule has 0 spiro atoms. The number of nitrogens with one attached hydrogen (secondary N) is 1. The first-order valence-corrected chi connectivity index (χ1v) is 7.89. The molecule has 3 nitrogen and oxygen atoms in total. The van der Waals surface area contributed by atoms with Gasteiger partial charge in [-0.1, -0.05) is 38.1 Å². The Morgan fingerprint density at radius 2 is 2.00 bits per heavy atom. The Balaban J connectivity index is 1.96. The third-order valence-corrected chi connectivity index (χ3v) is 4.07. The molecule has 1 N–H and O–H groups in total. The summed E-state index contributed by atoms with van der Waals surface area (Å²) in [6.07, 6.45) is 1.90. The van der Waals surface area contributed by atoms with Crippen molar-refractivity contribution in [2.75, 3.05) is 0 Å². The van der Waals surface area contributed by atoms with Gasteiger partial charge in [0.1, 0.15) is 0 Å². The summed E-state index contributed by atoms with van der Waals surface area (Å²) < 4.78 is 3.03. The topological polar surface area (TPSA) is 29.9 Å². The second-order valence-electron chi connectivity index (χ2n) is 5.44. The number of fused-ring (bicyclic) bond motifs is 1.